The Morgan fingerprint density at radius 2 is 2.00 bits per heavy atom. The van der Waals surface area contributed by atoms with Crippen molar-refractivity contribution >= 4 is 29.9 Å². The van der Waals surface area contributed by atoms with Crippen molar-refractivity contribution in [1.29, 1.82) is 0 Å². The molecule has 8 heteroatoms. The summed E-state index contributed by atoms with van der Waals surface area (Å²) in [4.78, 5) is 6.41. The molecule has 0 radical (unpaired) electrons. The van der Waals surface area contributed by atoms with Crippen molar-refractivity contribution in [3.8, 4) is 0 Å². The zero-order chi connectivity index (χ0) is 15.9. The number of halogens is 4. The van der Waals surface area contributed by atoms with E-state index >= 15 is 0 Å². The van der Waals surface area contributed by atoms with Crippen LogP contribution in [0.5, 0.6) is 0 Å². The number of aliphatic imine (C=N–C) groups is 1. The van der Waals surface area contributed by atoms with E-state index in [0.29, 0.717) is 17.9 Å². The molecule has 2 N–H and O–H groups in total. The maximum absolute atomic E-state index is 12.1. The minimum absolute atomic E-state index is 0. The summed E-state index contributed by atoms with van der Waals surface area (Å²) in [6, 6.07) is 0.438. The molecule has 0 aliphatic carbocycles. The summed E-state index contributed by atoms with van der Waals surface area (Å²) < 4.78 is 36.3. The normalized spacial score (nSPS) is 20.1. The highest BCUT2D eigenvalue weighted by Gasteiger charge is 2.27. The molecule has 0 saturated carbocycles. The third-order valence-corrected chi connectivity index (χ3v) is 3.53. The van der Waals surface area contributed by atoms with Gasteiger partial charge in [0.15, 0.2) is 5.96 Å². The Balaban J connectivity index is 0.00000441. The molecule has 1 aliphatic rings. The van der Waals surface area contributed by atoms with Crippen LogP contribution in [0.2, 0.25) is 0 Å². The van der Waals surface area contributed by atoms with Crippen LogP contribution in [0.4, 0.5) is 13.2 Å². The Labute approximate surface area is 148 Å². The first kappa shape index (κ1) is 21.8. The zero-order valence-electron chi connectivity index (χ0n) is 13.5. The van der Waals surface area contributed by atoms with Crippen LogP contribution < -0.4 is 10.6 Å². The Morgan fingerprint density at radius 3 is 2.55 bits per heavy atom. The summed E-state index contributed by atoms with van der Waals surface area (Å²) >= 11 is 0. The highest BCUT2D eigenvalue weighted by Crippen LogP contribution is 2.19. The highest BCUT2D eigenvalue weighted by molar-refractivity contribution is 14.0. The number of nitrogens with one attached hydrogen (secondary N) is 2. The van der Waals surface area contributed by atoms with Gasteiger partial charge in [0, 0.05) is 32.7 Å². The molecule has 0 spiro atoms. The standard InChI is InChI=1S/C14H27F3N4.HI/c1-11(2)10-21-8-4-5-12(21)9-20-13(18-3)19-7-6-14(15,16)17;/h11-12H,4-10H2,1-3H3,(H2,18,19,20);1H/t12-;/m1./s1. The Hall–Kier alpha value is -0.250. The number of guanidine groups is 1. The first-order valence-electron chi connectivity index (χ1n) is 7.57. The van der Waals surface area contributed by atoms with Crippen LogP contribution in [-0.2, 0) is 0 Å². The summed E-state index contributed by atoms with van der Waals surface area (Å²) in [6.45, 7) is 7.12. The molecule has 0 unspecified atom stereocenters. The van der Waals surface area contributed by atoms with Crippen LogP contribution in [0, 0.1) is 5.92 Å². The SMILES string of the molecule is CN=C(NCCC(F)(F)F)NC[C@H]1CCCN1CC(C)C.I. The van der Waals surface area contributed by atoms with Gasteiger partial charge in [0.25, 0.3) is 0 Å². The van der Waals surface area contributed by atoms with Crippen molar-refractivity contribution in [3.05, 3.63) is 0 Å². The molecule has 1 aliphatic heterocycles. The van der Waals surface area contributed by atoms with Gasteiger partial charge in [-0.1, -0.05) is 13.8 Å². The molecule has 1 heterocycles. The zero-order valence-corrected chi connectivity index (χ0v) is 15.9. The minimum Gasteiger partial charge on any atom is -0.356 e. The lowest BCUT2D eigenvalue weighted by Crippen LogP contribution is -2.46. The van der Waals surface area contributed by atoms with Gasteiger partial charge in [-0.05, 0) is 25.3 Å². The van der Waals surface area contributed by atoms with Crippen molar-refractivity contribution in [2.75, 3.05) is 33.2 Å². The number of rotatable bonds is 6. The highest BCUT2D eigenvalue weighted by atomic mass is 127. The largest absolute Gasteiger partial charge is 0.390 e. The topological polar surface area (TPSA) is 39.7 Å². The van der Waals surface area contributed by atoms with Crippen LogP contribution in [-0.4, -0.2) is 56.3 Å². The molecule has 1 fully saturated rings. The van der Waals surface area contributed by atoms with Crippen LogP contribution in [0.3, 0.4) is 0 Å². The van der Waals surface area contributed by atoms with Gasteiger partial charge in [0.05, 0.1) is 6.42 Å². The van der Waals surface area contributed by atoms with Crippen molar-refractivity contribution in [2.24, 2.45) is 10.9 Å². The molecule has 22 heavy (non-hydrogen) atoms. The van der Waals surface area contributed by atoms with Crippen molar-refractivity contribution in [1.82, 2.24) is 15.5 Å². The van der Waals surface area contributed by atoms with Crippen molar-refractivity contribution in [2.45, 2.75) is 45.3 Å². The Morgan fingerprint density at radius 1 is 1.32 bits per heavy atom. The van der Waals surface area contributed by atoms with Gasteiger partial charge in [-0.25, -0.2) is 0 Å². The maximum Gasteiger partial charge on any atom is 0.390 e. The van der Waals surface area contributed by atoms with E-state index in [9.17, 15) is 13.2 Å². The van der Waals surface area contributed by atoms with Crippen molar-refractivity contribution in [3.63, 3.8) is 0 Å². The summed E-state index contributed by atoms with van der Waals surface area (Å²) in [5.74, 6) is 1.06. The third kappa shape index (κ3) is 9.02. The monoisotopic (exact) mass is 436 g/mol. The van der Waals surface area contributed by atoms with Gasteiger partial charge < -0.3 is 10.6 Å². The molecule has 0 amide bonds. The van der Waals surface area contributed by atoms with Gasteiger partial charge in [-0.15, -0.1) is 24.0 Å². The second kappa shape index (κ2) is 10.5. The van der Waals surface area contributed by atoms with Crippen LogP contribution in [0.25, 0.3) is 0 Å². The van der Waals surface area contributed by atoms with Gasteiger partial charge in [-0.3, -0.25) is 9.89 Å². The molecule has 1 rings (SSSR count). The summed E-state index contributed by atoms with van der Waals surface area (Å²) in [6.07, 6.45) is -2.68. The number of hydrogen-bond acceptors (Lipinski definition) is 2. The Bertz CT molecular complexity index is 335. The van der Waals surface area contributed by atoms with E-state index in [1.54, 1.807) is 7.05 Å². The molecular formula is C14H28F3IN4. The Kier molecular flexibility index (Phi) is 10.4. The molecule has 1 atom stereocenters. The van der Waals surface area contributed by atoms with E-state index < -0.39 is 12.6 Å². The summed E-state index contributed by atoms with van der Waals surface area (Å²) in [7, 11) is 1.57. The van der Waals surface area contributed by atoms with E-state index in [1.165, 1.54) is 6.42 Å². The predicted molar refractivity (Wildman–Crippen MR) is 94.9 cm³/mol. The molecule has 0 aromatic carbocycles. The second-order valence-corrected chi connectivity index (χ2v) is 5.93. The molecule has 132 valence electrons. The first-order valence-corrected chi connectivity index (χ1v) is 7.57. The molecular weight excluding hydrogens is 408 g/mol. The van der Waals surface area contributed by atoms with E-state index in [2.05, 4.69) is 34.4 Å². The maximum atomic E-state index is 12.1. The van der Waals surface area contributed by atoms with Crippen LogP contribution >= 0.6 is 24.0 Å². The number of nitrogens with zero attached hydrogens (tertiary/aromatic N) is 2. The average molecular weight is 436 g/mol. The molecule has 4 nitrogen and oxygen atoms in total. The quantitative estimate of drug-likeness (QED) is 0.382. The summed E-state index contributed by atoms with van der Waals surface area (Å²) in [5.41, 5.74) is 0. The predicted octanol–water partition coefficient (Wildman–Crippen LogP) is 2.84. The molecule has 0 aromatic rings. The number of hydrogen-bond donors (Lipinski definition) is 2. The number of alkyl halides is 3. The van der Waals surface area contributed by atoms with Crippen LogP contribution in [0.15, 0.2) is 4.99 Å². The number of likely N-dealkylation sites (tertiary alicyclic amines) is 1. The fourth-order valence-electron chi connectivity index (χ4n) is 2.59. The first-order chi connectivity index (χ1) is 9.81. The van der Waals surface area contributed by atoms with Gasteiger partial charge in [-0.2, -0.15) is 13.2 Å². The fraction of sp³-hybridized carbons (Fsp3) is 0.929. The van der Waals surface area contributed by atoms with E-state index in [1.807, 2.05) is 0 Å². The average Bonchev–Trinajstić information content (AvgIpc) is 2.78. The fourth-order valence-corrected chi connectivity index (χ4v) is 2.59. The van der Waals surface area contributed by atoms with Gasteiger partial charge >= 0.3 is 6.18 Å². The summed E-state index contributed by atoms with van der Waals surface area (Å²) in [5, 5.41) is 5.84. The lowest BCUT2D eigenvalue weighted by Gasteiger charge is -2.27. The second-order valence-electron chi connectivity index (χ2n) is 5.93. The third-order valence-electron chi connectivity index (χ3n) is 3.53. The van der Waals surface area contributed by atoms with E-state index in [4.69, 9.17) is 0 Å². The van der Waals surface area contributed by atoms with Gasteiger partial charge in [0.2, 0.25) is 0 Å². The lowest BCUT2D eigenvalue weighted by molar-refractivity contribution is -0.132. The molecule has 0 aromatic heterocycles. The van der Waals surface area contributed by atoms with E-state index in [-0.39, 0.29) is 30.5 Å². The molecule has 0 bridgehead atoms. The van der Waals surface area contributed by atoms with Gasteiger partial charge in [0.1, 0.15) is 0 Å². The van der Waals surface area contributed by atoms with E-state index in [0.717, 1.165) is 26.1 Å². The van der Waals surface area contributed by atoms with Crippen molar-refractivity contribution < 1.29 is 13.2 Å². The molecule has 1 saturated heterocycles. The smallest absolute Gasteiger partial charge is 0.356 e. The lowest BCUT2D eigenvalue weighted by atomic mass is 10.1. The van der Waals surface area contributed by atoms with Crippen LogP contribution in [0.1, 0.15) is 33.1 Å². The minimum atomic E-state index is -4.13.